The molecule has 0 radical (unpaired) electrons. The molecule has 27 heavy (non-hydrogen) atoms. The maximum atomic E-state index is 12.4. The van der Waals surface area contributed by atoms with Gasteiger partial charge in [0.1, 0.15) is 17.1 Å². The third-order valence-corrected chi connectivity index (χ3v) is 3.68. The first kappa shape index (κ1) is 18.3. The SMILES string of the molecule is Cc1cc(=O)oc2cc(OC(=O)/C=C/c3ccccc3OC(F)F)ccc12. The average Bonchev–Trinajstić information content (AvgIpc) is 2.60. The lowest BCUT2D eigenvalue weighted by Crippen LogP contribution is -2.05. The molecule has 0 atom stereocenters. The minimum atomic E-state index is -2.97. The van der Waals surface area contributed by atoms with Crippen LogP contribution >= 0.6 is 0 Å². The lowest BCUT2D eigenvalue weighted by molar-refractivity contribution is -0.128. The number of carbonyl (C=O) groups excluding carboxylic acids is 1. The zero-order valence-corrected chi connectivity index (χ0v) is 14.1. The van der Waals surface area contributed by atoms with Gasteiger partial charge in [-0.2, -0.15) is 8.78 Å². The lowest BCUT2D eigenvalue weighted by Gasteiger charge is -2.07. The lowest BCUT2D eigenvalue weighted by atomic mass is 10.1. The summed E-state index contributed by atoms with van der Waals surface area (Å²) in [6.07, 6.45) is 2.40. The van der Waals surface area contributed by atoms with Crippen molar-refractivity contribution in [3.05, 3.63) is 76.2 Å². The van der Waals surface area contributed by atoms with Gasteiger partial charge in [-0.05, 0) is 36.8 Å². The Balaban J connectivity index is 1.77. The molecule has 0 bridgehead atoms. The Labute approximate surface area is 152 Å². The molecule has 0 aliphatic rings. The highest BCUT2D eigenvalue weighted by atomic mass is 19.3. The van der Waals surface area contributed by atoms with Crippen molar-refractivity contribution in [3.63, 3.8) is 0 Å². The summed E-state index contributed by atoms with van der Waals surface area (Å²) >= 11 is 0. The first-order valence-corrected chi connectivity index (χ1v) is 7.90. The second-order valence-electron chi connectivity index (χ2n) is 5.58. The van der Waals surface area contributed by atoms with Gasteiger partial charge in [0.05, 0.1) is 0 Å². The number of benzene rings is 2. The van der Waals surface area contributed by atoms with Crippen molar-refractivity contribution in [2.24, 2.45) is 0 Å². The van der Waals surface area contributed by atoms with Gasteiger partial charge in [-0.25, -0.2) is 9.59 Å². The van der Waals surface area contributed by atoms with Gasteiger partial charge in [-0.3, -0.25) is 0 Å². The van der Waals surface area contributed by atoms with Crippen LogP contribution in [0.25, 0.3) is 17.0 Å². The van der Waals surface area contributed by atoms with E-state index in [0.29, 0.717) is 11.1 Å². The summed E-state index contributed by atoms with van der Waals surface area (Å²) in [6, 6.07) is 12.1. The van der Waals surface area contributed by atoms with Gasteiger partial charge < -0.3 is 13.9 Å². The Hall–Kier alpha value is -3.48. The summed E-state index contributed by atoms with van der Waals surface area (Å²) in [5, 5.41) is 0.725. The topological polar surface area (TPSA) is 65.7 Å². The molecule has 1 aromatic heterocycles. The van der Waals surface area contributed by atoms with Gasteiger partial charge in [-0.15, -0.1) is 0 Å². The summed E-state index contributed by atoms with van der Waals surface area (Å²) in [4.78, 5) is 23.5. The molecule has 3 aromatic rings. The monoisotopic (exact) mass is 372 g/mol. The van der Waals surface area contributed by atoms with Gasteiger partial charge >= 0.3 is 18.2 Å². The highest BCUT2D eigenvalue weighted by Crippen LogP contribution is 2.23. The fraction of sp³-hybridized carbons (Fsp3) is 0.100. The molecule has 0 saturated heterocycles. The number of rotatable bonds is 5. The molecule has 0 spiro atoms. The molecule has 138 valence electrons. The number of alkyl halides is 2. The van der Waals surface area contributed by atoms with Crippen LogP contribution < -0.4 is 15.1 Å². The number of hydrogen-bond acceptors (Lipinski definition) is 5. The first-order chi connectivity index (χ1) is 12.9. The summed E-state index contributed by atoms with van der Waals surface area (Å²) in [5.74, 6) is -0.598. The molecule has 3 rings (SSSR count). The second-order valence-corrected chi connectivity index (χ2v) is 5.58. The van der Waals surface area contributed by atoms with E-state index in [1.54, 1.807) is 25.1 Å². The predicted octanol–water partition coefficient (Wildman–Crippen LogP) is 4.32. The molecular formula is C20H14F2O5. The largest absolute Gasteiger partial charge is 0.434 e. The van der Waals surface area contributed by atoms with Crippen LogP contribution in [0.3, 0.4) is 0 Å². The Bertz CT molecular complexity index is 1070. The maximum absolute atomic E-state index is 12.4. The quantitative estimate of drug-likeness (QED) is 0.289. The molecule has 0 aliphatic heterocycles. The summed E-state index contributed by atoms with van der Waals surface area (Å²) in [5.41, 5.74) is 0.841. The molecule has 0 aliphatic carbocycles. The fourth-order valence-electron chi connectivity index (χ4n) is 2.50. The normalized spacial score (nSPS) is 11.3. The Morgan fingerprint density at radius 1 is 1.15 bits per heavy atom. The number of carbonyl (C=O) groups is 1. The molecule has 2 aromatic carbocycles. The van der Waals surface area contributed by atoms with Gasteiger partial charge in [0.2, 0.25) is 0 Å². The van der Waals surface area contributed by atoms with Crippen molar-refractivity contribution >= 4 is 23.0 Å². The van der Waals surface area contributed by atoms with E-state index in [2.05, 4.69) is 4.74 Å². The van der Waals surface area contributed by atoms with E-state index < -0.39 is 18.2 Å². The Kier molecular flexibility index (Phi) is 5.30. The van der Waals surface area contributed by atoms with E-state index in [0.717, 1.165) is 17.0 Å². The van der Waals surface area contributed by atoms with E-state index in [-0.39, 0.29) is 11.5 Å². The maximum Gasteiger partial charge on any atom is 0.387 e. The summed E-state index contributed by atoms with van der Waals surface area (Å²) in [6.45, 7) is -1.20. The Morgan fingerprint density at radius 2 is 1.93 bits per heavy atom. The minimum absolute atomic E-state index is 0.0560. The first-order valence-electron chi connectivity index (χ1n) is 7.90. The van der Waals surface area contributed by atoms with Crippen molar-refractivity contribution < 1.29 is 27.5 Å². The summed E-state index contributed by atoms with van der Waals surface area (Å²) in [7, 11) is 0. The van der Waals surface area contributed by atoms with Crippen LogP contribution in [0.15, 0.2) is 63.8 Å². The van der Waals surface area contributed by atoms with E-state index in [1.165, 1.54) is 36.4 Å². The third kappa shape index (κ3) is 4.58. The molecule has 7 heteroatoms. The van der Waals surface area contributed by atoms with Crippen molar-refractivity contribution in [1.29, 1.82) is 0 Å². The van der Waals surface area contributed by atoms with Gasteiger partial charge in [0.25, 0.3) is 0 Å². The van der Waals surface area contributed by atoms with Crippen molar-refractivity contribution in [1.82, 2.24) is 0 Å². The minimum Gasteiger partial charge on any atom is -0.434 e. The number of ether oxygens (including phenoxy) is 2. The average molecular weight is 372 g/mol. The zero-order valence-electron chi connectivity index (χ0n) is 14.1. The zero-order chi connectivity index (χ0) is 19.4. The number of halogens is 2. The van der Waals surface area contributed by atoms with Crippen LogP contribution in [0.4, 0.5) is 8.78 Å². The van der Waals surface area contributed by atoms with Crippen LogP contribution in [0, 0.1) is 6.92 Å². The Morgan fingerprint density at radius 3 is 2.70 bits per heavy atom. The molecule has 0 saturated carbocycles. The molecule has 0 fully saturated rings. The number of aryl methyl sites for hydroxylation is 1. The van der Waals surface area contributed by atoms with E-state index in [1.807, 2.05) is 0 Å². The van der Waals surface area contributed by atoms with Crippen LogP contribution in [0.1, 0.15) is 11.1 Å². The van der Waals surface area contributed by atoms with E-state index in [9.17, 15) is 18.4 Å². The smallest absolute Gasteiger partial charge is 0.387 e. The van der Waals surface area contributed by atoms with E-state index in [4.69, 9.17) is 9.15 Å². The van der Waals surface area contributed by atoms with Gasteiger partial charge in [0.15, 0.2) is 0 Å². The van der Waals surface area contributed by atoms with Gasteiger partial charge in [0, 0.05) is 29.2 Å². The number of para-hydroxylation sites is 1. The van der Waals surface area contributed by atoms with Gasteiger partial charge in [-0.1, -0.05) is 18.2 Å². The highest BCUT2D eigenvalue weighted by molar-refractivity contribution is 5.90. The second kappa shape index (κ2) is 7.82. The number of fused-ring (bicyclic) bond motifs is 1. The molecule has 0 unspecified atom stereocenters. The van der Waals surface area contributed by atoms with Crippen LogP contribution in [-0.4, -0.2) is 12.6 Å². The molecule has 0 amide bonds. The van der Waals surface area contributed by atoms with Crippen LogP contribution in [-0.2, 0) is 4.79 Å². The molecule has 1 heterocycles. The number of esters is 1. The number of hydrogen-bond donors (Lipinski definition) is 0. The van der Waals surface area contributed by atoms with Crippen molar-refractivity contribution in [2.45, 2.75) is 13.5 Å². The van der Waals surface area contributed by atoms with Crippen molar-refractivity contribution in [2.75, 3.05) is 0 Å². The van der Waals surface area contributed by atoms with Crippen LogP contribution in [0.2, 0.25) is 0 Å². The molecule has 5 nitrogen and oxygen atoms in total. The van der Waals surface area contributed by atoms with Crippen LogP contribution in [0.5, 0.6) is 11.5 Å². The fourth-order valence-corrected chi connectivity index (χ4v) is 2.50. The van der Waals surface area contributed by atoms with Crippen molar-refractivity contribution in [3.8, 4) is 11.5 Å². The summed E-state index contributed by atoms with van der Waals surface area (Å²) < 4.78 is 39.5. The van der Waals surface area contributed by atoms with E-state index >= 15 is 0 Å². The molecule has 0 N–H and O–H groups in total. The highest BCUT2D eigenvalue weighted by Gasteiger charge is 2.09. The molecular weight excluding hydrogens is 358 g/mol. The third-order valence-electron chi connectivity index (χ3n) is 3.68. The predicted molar refractivity (Wildman–Crippen MR) is 95.0 cm³/mol. The standard InChI is InChI=1S/C20H14F2O5/c1-12-10-19(24)26-17-11-14(7-8-15(12)17)25-18(23)9-6-13-4-2-3-5-16(13)27-20(21)22/h2-11,20H,1H3/b9-6+.